The van der Waals surface area contributed by atoms with Crippen molar-refractivity contribution in [3.8, 4) is 0 Å². The number of fused-ring (bicyclic) bond motifs is 1. The first-order valence-corrected chi connectivity index (χ1v) is 4.84. The van der Waals surface area contributed by atoms with E-state index in [1.165, 1.54) is 6.08 Å². The fraction of sp³-hybridized carbons (Fsp3) is 0.444. The van der Waals surface area contributed by atoms with E-state index in [1.54, 1.807) is 12.1 Å². The van der Waals surface area contributed by atoms with Crippen LogP contribution in [0.5, 0.6) is 0 Å². The second-order valence-electron chi connectivity index (χ2n) is 3.36. The van der Waals surface area contributed by atoms with Crippen LogP contribution < -0.4 is 0 Å². The molecule has 0 aromatic rings. The minimum atomic E-state index is -0.247. The molecule has 0 aliphatic carbocycles. The van der Waals surface area contributed by atoms with Crippen molar-refractivity contribution in [2.24, 2.45) is 16.0 Å². The Morgan fingerprint density at radius 1 is 1.64 bits per heavy atom. The van der Waals surface area contributed by atoms with E-state index in [9.17, 15) is 4.79 Å². The summed E-state index contributed by atoms with van der Waals surface area (Å²) in [6, 6.07) is 0. The molecule has 0 saturated heterocycles. The van der Waals surface area contributed by atoms with Crippen LogP contribution in [-0.4, -0.2) is 35.4 Å². The summed E-state index contributed by atoms with van der Waals surface area (Å²) < 4.78 is 0. The molecule has 1 amide bonds. The average molecular weight is 212 g/mol. The van der Waals surface area contributed by atoms with E-state index in [0.717, 1.165) is 11.3 Å². The average Bonchev–Trinajstić information content (AvgIpc) is 2.41. The van der Waals surface area contributed by atoms with E-state index in [0.29, 0.717) is 11.7 Å². The third-order valence-electron chi connectivity index (χ3n) is 2.37. The lowest BCUT2D eigenvalue weighted by Crippen LogP contribution is -2.30. The number of carbonyl (C=O) groups is 1. The predicted octanol–water partition coefficient (Wildman–Crippen LogP) is 1.03. The molecule has 0 radical (unpaired) electrons. The molecule has 4 nitrogen and oxygen atoms in total. The number of rotatable bonds is 1. The number of hydrogen-bond donors (Lipinski definition) is 0. The van der Waals surface area contributed by atoms with Crippen LogP contribution >= 0.6 is 11.6 Å². The number of halogens is 1. The zero-order valence-corrected chi connectivity index (χ0v) is 8.75. The Hall–Kier alpha value is -1.16. The normalized spacial score (nSPS) is 25.6. The Morgan fingerprint density at radius 2 is 2.36 bits per heavy atom. The number of amidine groups is 1. The van der Waals surface area contributed by atoms with Crippen LogP contribution in [0.1, 0.15) is 6.92 Å². The Labute approximate surface area is 86.9 Å². The zero-order valence-electron chi connectivity index (χ0n) is 7.99. The number of nitrogens with zero attached hydrogens (tertiary/aromatic N) is 3. The number of alkyl halides is 1. The third kappa shape index (κ3) is 1.26. The first kappa shape index (κ1) is 9.40. The van der Waals surface area contributed by atoms with Gasteiger partial charge in [0.2, 0.25) is 0 Å². The minimum absolute atomic E-state index is 0.00944. The summed E-state index contributed by atoms with van der Waals surface area (Å²) in [7, 11) is 1.78. The molecule has 2 aliphatic heterocycles. The molecule has 0 aromatic heterocycles. The van der Waals surface area contributed by atoms with Crippen molar-refractivity contribution in [2.75, 3.05) is 12.9 Å². The van der Waals surface area contributed by atoms with Crippen molar-refractivity contribution < 1.29 is 4.79 Å². The molecular weight excluding hydrogens is 202 g/mol. The molecule has 14 heavy (non-hydrogen) atoms. The van der Waals surface area contributed by atoms with Crippen LogP contribution in [0.2, 0.25) is 0 Å². The maximum Gasteiger partial charge on any atom is 0.271 e. The van der Waals surface area contributed by atoms with Gasteiger partial charge < -0.3 is 0 Å². The lowest BCUT2D eigenvalue weighted by atomic mass is 9.93. The summed E-state index contributed by atoms with van der Waals surface area (Å²) in [6.07, 6.45) is 1.50. The zero-order chi connectivity index (χ0) is 10.3. The van der Waals surface area contributed by atoms with Gasteiger partial charge in [0, 0.05) is 19.0 Å². The lowest BCUT2D eigenvalue weighted by Gasteiger charge is -2.19. The Morgan fingerprint density at radius 3 is 3.00 bits per heavy atom. The van der Waals surface area contributed by atoms with Crippen LogP contribution in [-0.2, 0) is 4.79 Å². The van der Waals surface area contributed by atoms with Crippen molar-refractivity contribution in [2.45, 2.75) is 6.92 Å². The number of hydrazone groups is 1. The number of carbonyl (C=O) groups excluding carboxylic acids is 1. The molecule has 1 unspecified atom stereocenters. The molecule has 0 fully saturated rings. The number of hydrogen-bond acceptors (Lipinski definition) is 3. The monoisotopic (exact) mass is 211 g/mol. The lowest BCUT2D eigenvalue weighted by molar-refractivity contribution is -0.113. The van der Waals surface area contributed by atoms with E-state index < -0.39 is 0 Å². The molecular formula is C9H10ClN3O. The summed E-state index contributed by atoms with van der Waals surface area (Å²) in [4.78, 5) is 15.2. The number of amides is 1. The Bertz CT molecular complexity index is 384. The Balaban J connectivity index is 2.44. The SMILES string of the molecule is CC1=NN(C)C2=NC(=O)C=C(CCl)C12. The quantitative estimate of drug-likeness (QED) is 0.608. The molecule has 0 aromatic carbocycles. The fourth-order valence-electron chi connectivity index (χ4n) is 1.79. The van der Waals surface area contributed by atoms with Gasteiger partial charge in [0.15, 0.2) is 0 Å². The summed E-state index contributed by atoms with van der Waals surface area (Å²) in [6.45, 7) is 1.92. The van der Waals surface area contributed by atoms with Gasteiger partial charge in [-0.2, -0.15) is 10.1 Å². The van der Waals surface area contributed by atoms with Crippen molar-refractivity contribution in [3.05, 3.63) is 11.6 Å². The van der Waals surface area contributed by atoms with Crippen molar-refractivity contribution in [3.63, 3.8) is 0 Å². The first-order valence-electron chi connectivity index (χ1n) is 4.31. The largest absolute Gasteiger partial charge is 0.271 e. The molecule has 1 atom stereocenters. The summed E-state index contributed by atoms with van der Waals surface area (Å²) in [5, 5.41) is 5.87. The summed E-state index contributed by atoms with van der Waals surface area (Å²) in [5.41, 5.74) is 1.82. The molecule has 0 bridgehead atoms. The highest BCUT2D eigenvalue weighted by atomic mass is 35.5. The maximum absolute atomic E-state index is 11.2. The second-order valence-corrected chi connectivity index (χ2v) is 3.63. The van der Waals surface area contributed by atoms with Crippen molar-refractivity contribution in [1.29, 1.82) is 0 Å². The molecule has 0 N–H and O–H groups in total. The first-order chi connectivity index (χ1) is 6.63. The van der Waals surface area contributed by atoms with E-state index in [2.05, 4.69) is 10.1 Å². The maximum atomic E-state index is 11.2. The summed E-state index contributed by atoms with van der Waals surface area (Å²) >= 11 is 5.78. The van der Waals surface area contributed by atoms with Crippen LogP contribution in [0.3, 0.4) is 0 Å². The van der Waals surface area contributed by atoms with Crippen LogP contribution in [0.4, 0.5) is 0 Å². The van der Waals surface area contributed by atoms with Gasteiger partial charge in [-0.1, -0.05) is 0 Å². The van der Waals surface area contributed by atoms with Crippen LogP contribution in [0.25, 0.3) is 0 Å². The molecule has 2 heterocycles. The van der Waals surface area contributed by atoms with E-state index >= 15 is 0 Å². The van der Waals surface area contributed by atoms with Gasteiger partial charge in [-0.3, -0.25) is 9.80 Å². The van der Waals surface area contributed by atoms with Crippen LogP contribution in [0, 0.1) is 5.92 Å². The van der Waals surface area contributed by atoms with Gasteiger partial charge >= 0.3 is 0 Å². The second kappa shape index (κ2) is 3.20. The topological polar surface area (TPSA) is 45.0 Å². The van der Waals surface area contributed by atoms with Gasteiger partial charge in [-0.05, 0) is 12.5 Å². The molecule has 2 rings (SSSR count). The standard InChI is InChI=1S/C9H10ClN3O/c1-5-8-6(4-10)3-7(14)11-9(8)13(2)12-5/h3,8H,4H2,1-2H3. The minimum Gasteiger partial charge on any atom is -0.267 e. The van der Waals surface area contributed by atoms with Crippen molar-refractivity contribution >= 4 is 29.1 Å². The van der Waals surface area contributed by atoms with Gasteiger partial charge in [0.05, 0.1) is 11.6 Å². The predicted molar refractivity (Wildman–Crippen MR) is 55.6 cm³/mol. The van der Waals surface area contributed by atoms with Gasteiger partial charge in [0.1, 0.15) is 5.84 Å². The molecule has 0 saturated carbocycles. The van der Waals surface area contributed by atoms with E-state index in [-0.39, 0.29) is 11.8 Å². The molecule has 74 valence electrons. The van der Waals surface area contributed by atoms with Crippen LogP contribution in [0.15, 0.2) is 21.7 Å². The third-order valence-corrected chi connectivity index (χ3v) is 2.68. The number of dihydropyridines is 1. The highest BCUT2D eigenvalue weighted by Gasteiger charge is 2.35. The van der Waals surface area contributed by atoms with Gasteiger partial charge in [-0.15, -0.1) is 11.6 Å². The molecule has 0 spiro atoms. The summed E-state index contributed by atoms with van der Waals surface area (Å²) in [5.74, 6) is 0.792. The highest BCUT2D eigenvalue weighted by molar-refractivity contribution is 6.24. The smallest absolute Gasteiger partial charge is 0.267 e. The highest BCUT2D eigenvalue weighted by Crippen LogP contribution is 2.27. The Kier molecular flexibility index (Phi) is 2.15. The van der Waals surface area contributed by atoms with E-state index in [4.69, 9.17) is 11.6 Å². The van der Waals surface area contributed by atoms with Gasteiger partial charge in [0.25, 0.3) is 5.91 Å². The fourth-order valence-corrected chi connectivity index (χ4v) is 2.02. The van der Waals surface area contributed by atoms with Crippen molar-refractivity contribution in [1.82, 2.24) is 5.01 Å². The van der Waals surface area contributed by atoms with E-state index in [1.807, 2.05) is 6.92 Å². The molecule has 5 heteroatoms. The number of aliphatic imine (C=N–C) groups is 1. The molecule has 2 aliphatic rings. The van der Waals surface area contributed by atoms with Gasteiger partial charge in [-0.25, -0.2) is 0 Å².